The molecular formula is C26H30N2O9. The lowest BCUT2D eigenvalue weighted by Gasteiger charge is -2.29. The molecule has 11 heteroatoms. The van der Waals surface area contributed by atoms with Crippen LogP contribution in [0.4, 0.5) is 0 Å². The van der Waals surface area contributed by atoms with Crippen molar-refractivity contribution < 1.29 is 44.0 Å². The highest BCUT2D eigenvalue weighted by Gasteiger charge is 2.56. The molecule has 1 aromatic rings. The molecule has 1 atom stereocenters. The van der Waals surface area contributed by atoms with Crippen molar-refractivity contribution >= 4 is 29.2 Å². The van der Waals surface area contributed by atoms with E-state index in [9.17, 15) is 34.2 Å². The largest absolute Gasteiger partial charge is 0.507 e. The highest BCUT2D eigenvalue weighted by Crippen LogP contribution is 2.57. The van der Waals surface area contributed by atoms with E-state index in [0.29, 0.717) is 12.8 Å². The first-order valence-corrected chi connectivity index (χ1v) is 11.8. The topological polar surface area (TPSA) is 179 Å². The maximum Gasteiger partial charge on any atom is 0.303 e. The van der Waals surface area contributed by atoms with Crippen LogP contribution >= 0.6 is 0 Å². The fourth-order valence-electron chi connectivity index (χ4n) is 4.53. The number of phenolic OH excluding ortho intramolecular Hbond substituents is 2. The van der Waals surface area contributed by atoms with Crippen molar-refractivity contribution in [3.05, 3.63) is 39.8 Å². The second kappa shape index (κ2) is 10.5. The standard InChI is InChI=1S/C26H30N2O9/c1-12-22(34)20(14(3)29)24-21(23(12)35)26(4)16(37-24)11-15(30)19(25(26)36)13(2)27-9-5-7-17(31)28-10-6-8-18(32)33/h11,27,34-35H,5-10H2,1-4H3,(H,28,31)(H,32,33)/b19-13+/t26-/m0/s1. The number of hydrogen-bond donors (Lipinski definition) is 5. The molecule has 0 saturated carbocycles. The SMILES string of the molecule is CC(=O)c1c(O)c(C)c(O)c2c1OC1=CC(=O)/C(=C(/C)NCCCC(=O)NCCCC(=O)O)C(=O)[C@@]12C. The van der Waals surface area contributed by atoms with Gasteiger partial charge in [0.25, 0.3) is 0 Å². The van der Waals surface area contributed by atoms with Gasteiger partial charge in [0.15, 0.2) is 17.3 Å². The number of carbonyl (C=O) groups is 5. The molecule has 0 bridgehead atoms. The number of carboxylic acid groups (broad SMARTS) is 1. The van der Waals surface area contributed by atoms with E-state index in [-0.39, 0.29) is 71.3 Å². The van der Waals surface area contributed by atoms with Crippen LogP contribution in [-0.2, 0) is 24.6 Å². The molecule has 0 unspecified atom stereocenters. The van der Waals surface area contributed by atoms with Gasteiger partial charge in [-0.2, -0.15) is 0 Å². The highest BCUT2D eigenvalue weighted by atomic mass is 16.5. The summed E-state index contributed by atoms with van der Waals surface area (Å²) in [5.74, 6) is -3.99. The maximum absolute atomic E-state index is 13.7. The second-order valence-electron chi connectivity index (χ2n) is 9.26. The average molecular weight is 515 g/mol. The normalized spacial score (nSPS) is 19.4. The Morgan fingerprint density at radius 3 is 2.24 bits per heavy atom. The third-order valence-electron chi connectivity index (χ3n) is 6.62. The van der Waals surface area contributed by atoms with Crippen LogP contribution < -0.4 is 15.4 Å². The minimum Gasteiger partial charge on any atom is -0.507 e. The van der Waals surface area contributed by atoms with E-state index in [4.69, 9.17) is 9.84 Å². The van der Waals surface area contributed by atoms with Gasteiger partial charge < -0.3 is 30.7 Å². The zero-order valence-electron chi connectivity index (χ0n) is 21.1. The predicted molar refractivity (Wildman–Crippen MR) is 130 cm³/mol. The van der Waals surface area contributed by atoms with Crippen LogP contribution in [0.25, 0.3) is 0 Å². The van der Waals surface area contributed by atoms with Crippen molar-refractivity contribution in [2.45, 2.75) is 58.8 Å². The fourth-order valence-corrected chi connectivity index (χ4v) is 4.53. The summed E-state index contributed by atoms with van der Waals surface area (Å²) >= 11 is 0. The first kappa shape index (κ1) is 27.4. The summed E-state index contributed by atoms with van der Waals surface area (Å²) < 4.78 is 5.73. The van der Waals surface area contributed by atoms with Crippen molar-refractivity contribution in [1.29, 1.82) is 0 Å². The van der Waals surface area contributed by atoms with Crippen LogP contribution in [0.5, 0.6) is 17.2 Å². The molecule has 0 saturated heterocycles. The molecule has 0 radical (unpaired) electrons. The Kier molecular flexibility index (Phi) is 7.75. The lowest BCUT2D eigenvalue weighted by molar-refractivity contribution is -0.137. The summed E-state index contributed by atoms with van der Waals surface area (Å²) in [5, 5.41) is 35.5. The maximum atomic E-state index is 13.7. The van der Waals surface area contributed by atoms with Gasteiger partial charge in [0.05, 0.1) is 11.1 Å². The molecule has 5 N–H and O–H groups in total. The van der Waals surface area contributed by atoms with Crippen molar-refractivity contribution in [3.8, 4) is 17.2 Å². The fraction of sp³-hybridized carbons (Fsp3) is 0.423. The van der Waals surface area contributed by atoms with Crippen molar-refractivity contribution in [2.24, 2.45) is 0 Å². The Morgan fingerprint density at radius 2 is 1.62 bits per heavy atom. The molecule has 1 amide bonds. The van der Waals surface area contributed by atoms with Gasteiger partial charge in [-0.1, -0.05) is 0 Å². The molecule has 2 aliphatic rings. The number of rotatable bonds is 10. The molecule has 1 aliphatic heterocycles. The van der Waals surface area contributed by atoms with Gasteiger partial charge in [-0.3, -0.25) is 24.0 Å². The predicted octanol–water partition coefficient (Wildman–Crippen LogP) is 1.92. The number of fused-ring (bicyclic) bond motifs is 3. The van der Waals surface area contributed by atoms with E-state index in [0.717, 1.165) is 6.08 Å². The van der Waals surface area contributed by atoms with Crippen LogP contribution in [0.3, 0.4) is 0 Å². The number of Topliss-reactive ketones (excluding diaryl/α,β-unsaturated/α-hetero) is 2. The van der Waals surface area contributed by atoms with E-state index in [1.165, 1.54) is 20.8 Å². The number of nitrogens with one attached hydrogen (secondary N) is 2. The Morgan fingerprint density at radius 1 is 1.00 bits per heavy atom. The summed E-state index contributed by atoms with van der Waals surface area (Å²) in [4.78, 5) is 61.2. The number of benzene rings is 1. The molecule has 3 rings (SSSR count). The lowest BCUT2D eigenvalue weighted by Crippen LogP contribution is -2.41. The minimum atomic E-state index is -1.59. The van der Waals surface area contributed by atoms with Gasteiger partial charge in [0.1, 0.15) is 34.0 Å². The van der Waals surface area contributed by atoms with Crippen LogP contribution in [-0.4, -0.2) is 57.6 Å². The molecule has 0 spiro atoms. The minimum absolute atomic E-state index is 0.0151. The first-order valence-electron chi connectivity index (χ1n) is 11.8. The second-order valence-corrected chi connectivity index (χ2v) is 9.26. The number of carbonyl (C=O) groups excluding carboxylic acids is 4. The molecule has 1 aromatic carbocycles. The molecule has 198 valence electrons. The molecule has 11 nitrogen and oxygen atoms in total. The average Bonchev–Trinajstić information content (AvgIpc) is 3.10. The molecule has 0 aromatic heterocycles. The van der Waals surface area contributed by atoms with Gasteiger partial charge >= 0.3 is 5.97 Å². The Hall–Kier alpha value is -4.15. The molecule has 1 heterocycles. The summed E-state index contributed by atoms with van der Waals surface area (Å²) in [5.41, 5.74) is -1.60. The number of aliphatic carboxylic acids is 1. The van der Waals surface area contributed by atoms with Crippen molar-refractivity contribution in [2.75, 3.05) is 13.1 Å². The Bertz CT molecular complexity index is 1280. The third-order valence-corrected chi connectivity index (χ3v) is 6.62. The quantitative estimate of drug-likeness (QED) is 0.134. The van der Waals surface area contributed by atoms with E-state index in [1.807, 2.05) is 0 Å². The van der Waals surface area contributed by atoms with E-state index in [1.54, 1.807) is 6.92 Å². The van der Waals surface area contributed by atoms with Gasteiger partial charge in [0.2, 0.25) is 5.91 Å². The van der Waals surface area contributed by atoms with Crippen LogP contribution in [0.2, 0.25) is 0 Å². The van der Waals surface area contributed by atoms with E-state index in [2.05, 4.69) is 10.6 Å². The summed E-state index contributed by atoms with van der Waals surface area (Å²) in [6.45, 7) is 6.21. The molecular weight excluding hydrogens is 484 g/mol. The monoisotopic (exact) mass is 514 g/mol. The summed E-state index contributed by atoms with van der Waals surface area (Å²) in [6, 6.07) is 0. The van der Waals surface area contributed by atoms with Crippen molar-refractivity contribution in [1.82, 2.24) is 10.6 Å². The Balaban J connectivity index is 1.79. The Labute approximate surface area is 213 Å². The number of ether oxygens (including phenoxy) is 1. The first-order chi connectivity index (χ1) is 17.3. The van der Waals surface area contributed by atoms with E-state index >= 15 is 0 Å². The number of phenols is 2. The zero-order valence-corrected chi connectivity index (χ0v) is 21.1. The summed E-state index contributed by atoms with van der Waals surface area (Å²) in [6.07, 6.45) is 2.00. The lowest BCUT2D eigenvalue weighted by atomic mass is 9.70. The van der Waals surface area contributed by atoms with Gasteiger partial charge in [-0.15, -0.1) is 0 Å². The molecule has 0 fully saturated rings. The number of carboxylic acids is 1. The number of hydrogen-bond acceptors (Lipinski definition) is 9. The smallest absolute Gasteiger partial charge is 0.303 e. The van der Waals surface area contributed by atoms with Crippen molar-refractivity contribution in [3.63, 3.8) is 0 Å². The number of allylic oxidation sites excluding steroid dienone is 4. The third kappa shape index (κ3) is 4.93. The van der Waals surface area contributed by atoms with Crippen LogP contribution in [0, 0.1) is 6.92 Å². The van der Waals surface area contributed by atoms with E-state index < -0.39 is 40.2 Å². The van der Waals surface area contributed by atoms with Gasteiger partial charge in [-0.25, -0.2) is 0 Å². The zero-order chi connectivity index (χ0) is 27.7. The highest BCUT2D eigenvalue weighted by molar-refractivity contribution is 6.31. The van der Waals surface area contributed by atoms with Gasteiger partial charge in [0, 0.05) is 43.3 Å². The number of aromatic hydroxyl groups is 2. The van der Waals surface area contributed by atoms with Crippen LogP contribution in [0.15, 0.2) is 23.1 Å². The summed E-state index contributed by atoms with van der Waals surface area (Å²) in [7, 11) is 0. The number of amides is 1. The van der Waals surface area contributed by atoms with Gasteiger partial charge in [-0.05, 0) is 40.5 Å². The molecule has 37 heavy (non-hydrogen) atoms. The number of ketones is 3. The van der Waals surface area contributed by atoms with Crippen LogP contribution in [0.1, 0.15) is 67.9 Å². The molecule has 1 aliphatic carbocycles.